The van der Waals surface area contributed by atoms with Crippen LogP contribution in [0.25, 0.3) is 0 Å². The predicted molar refractivity (Wildman–Crippen MR) is 180 cm³/mol. The number of carbonyl (C=O) groups is 2. The highest BCUT2D eigenvalue weighted by molar-refractivity contribution is 7.96. The molecule has 1 aliphatic carbocycles. The van der Waals surface area contributed by atoms with Gasteiger partial charge in [-0.05, 0) is 68.3 Å². The second-order valence-corrected chi connectivity index (χ2v) is 12.5. The quantitative estimate of drug-likeness (QED) is 0.218. The Balaban J connectivity index is 0.000000201. The Kier molecular flexibility index (Phi) is 12.5. The van der Waals surface area contributed by atoms with E-state index in [1.54, 1.807) is 18.9 Å². The number of likely N-dealkylation sites (tertiary alicyclic amines) is 1. The molecule has 8 heteroatoms. The number of hydrogen-bond acceptors (Lipinski definition) is 6. The zero-order chi connectivity index (χ0) is 31.4. The molecule has 44 heavy (non-hydrogen) atoms. The molecule has 5 rings (SSSR count). The lowest BCUT2D eigenvalue weighted by molar-refractivity contribution is -0.130. The van der Waals surface area contributed by atoms with Gasteiger partial charge in [-0.1, -0.05) is 66.6 Å². The molecule has 0 aromatic heterocycles. The third kappa shape index (κ3) is 9.23. The third-order valence-electron chi connectivity index (χ3n) is 8.25. The zero-order valence-corrected chi connectivity index (χ0v) is 27.4. The molecule has 1 fully saturated rings. The van der Waals surface area contributed by atoms with Gasteiger partial charge >= 0.3 is 0 Å². The van der Waals surface area contributed by atoms with Crippen molar-refractivity contribution < 1.29 is 14.3 Å². The van der Waals surface area contributed by atoms with E-state index in [-0.39, 0.29) is 17.2 Å². The van der Waals surface area contributed by atoms with Crippen LogP contribution in [0.1, 0.15) is 47.7 Å². The summed E-state index contributed by atoms with van der Waals surface area (Å²) in [6.45, 7) is 6.90. The van der Waals surface area contributed by atoms with Crippen molar-refractivity contribution in [3.05, 3.63) is 113 Å². The molecule has 1 spiro atoms. The van der Waals surface area contributed by atoms with Crippen LogP contribution in [0.2, 0.25) is 0 Å². The Morgan fingerprint density at radius 1 is 1.07 bits per heavy atom. The van der Waals surface area contributed by atoms with Crippen LogP contribution in [-0.4, -0.2) is 79.1 Å². The Labute approximate surface area is 267 Å². The summed E-state index contributed by atoms with van der Waals surface area (Å²) in [6, 6.07) is 17.7. The van der Waals surface area contributed by atoms with Crippen molar-refractivity contribution in [2.45, 2.75) is 39.3 Å². The fourth-order valence-corrected chi connectivity index (χ4v) is 6.68. The first-order valence-electron chi connectivity index (χ1n) is 15.3. The Morgan fingerprint density at radius 3 is 2.52 bits per heavy atom. The standard InChI is InChI=1S/C19H24N2O2.C17H22N2OS/c1-21(2)14-17-9-6-10-18(13-17)19(22)20-11-12-23-15-16-7-4-3-5-8-16;1-14(20)18-11-9-17(10-12-18)13-19(21-2)16-8-6-4-3-5-7-15(16)17/h3-10,13H,11-12,14-15H2,1-2H3,(H,20,22);3-5,8H,7,9-13H2,1-2H3/b;5-3-. The molecule has 7 nitrogen and oxygen atoms in total. The molecule has 3 aliphatic rings. The summed E-state index contributed by atoms with van der Waals surface area (Å²) in [5.74, 6) is 0.146. The zero-order valence-electron chi connectivity index (χ0n) is 26.6. The van der Waals surface area contributed by atoms with Crippen molar-refractivity contribution in [2.24, 2.45) is 5.41 Å². The molecule has 0 saturated carbocycles. The van der Waals surface area contributed by atoms with Gasteiger partial charge in [0.15, 0.2) is 0 Å². The molecule has 0 bridgehead atoms. The third-order valence-corrected chi connectivity index (χ3v) is 9.02. The van der Waals surface area contributed by atoms with Crippen LogP contribution in [0.3, 0.4) is 0 Å². The van der Waals surface area contributed by atoms with Crippen molar-refractivity contribution in [2.75, 3.05) is 53.1 Å². The lowest BCUT2D eigenvalue weighted by Gasteiger charge is -2.40. The minimum Gasteiger partial charge on any atom is -0.375 e. The molecule has 2 aromatic carbocycles. The number of amides is 2. The number of carbonyl (C=O) groups excluding carboxylic acids is 2. The molecule has 2 aromatic rings. The summed E-state index contributed by atoms with van der Waals surface area (Å²) in [5.41, 5.74) is 9.32. The van der Waals surface area contributed by atoms with Gasteiger partial charge in [0.1, 0.15) is 0 Å². The van der Waals surface area contributed by atoms with Gasteiger partial charge in [0.25, 0.3) is 5.91 Å². The van der Waals surface area contributed by atoms with Crippen molar-refractivity contribution in [3.63, 3.8) is 0 Å². The summed E-state index contributed by atoms with van der Waals surface area (Å²) in [7, 11) is 4.02. The highest BCUT2D eigenvalue weighted by Crippen LogP contribution is 2.50. The molecule has 2 heterocycles. The minimum atomic E-state index is -0.0612. The van der Waals surface area contributed by atoms with Crippen LogP contribution in [0.5, 0.6) is 0 Å². The van der Waals surface area contributed by atoms with Crippen LogP contribution in [0.4, 0.5) is 0 Å². The lowest BCUT2D eigenvalue weighted by Crippen LogP contribution is -2.44. The van der Waals surface area contributed by atoms with Gasteiger partial charge in [-0.15, -0.1) is 5.73 Å². The molecule has 2 aliphatic heterocycles. The fourth-order valence-electron chi connectivity index (χ4n) is 5.95. The number of fused-ring (bicyclic) bond motifs is 1. The molecule has 0 radical (unpaired) electrons. The van der Waals surface area contributed by atoms with E-state index in [9.17, 15) is 9.59 Å². The largest absolute Gasteiger partial charge is 0.375 e. The van der Waals surface area contributed by atoms with Gasteiger partial charge in [0, 0.05) is 63.0 Å². The van der Waals surface area contributed by atoms with E-state index in [4.69, 9.17) is 4.74 Å². The monoisotopic (exact) mass is 614 g/mol. The van der Waals surface area contributed by atoms with E-state index < -0.39 is 0 Å². The van der Waals surface area contributed by atoms with Crippen LogP contribution >= 0.6 is 11.9 Å². The van der Waals surface area contributed by atoms with E-state index in [1.165, 1.54) is 11.3 Å². The number of nitrogens with one attached hydrogen (secondary N) is 1. The van der Waals surface area contributed by atoms with E-state index in [1.807, 2.05) is 79.7 Å². The molecule has 0 atom stereocenters. The highest BCUT2D eigenvalue weighted by Gasteiger charge is 2.45. The number of nitrogens with zero attached hydrogens (tertiary/aromatic N) is 3. The van der Waals surface area contributed by atoms with Gasteiger partial charge in [0.2, 0.25) is 5.91 Å². The Hall–Kier alpha value is -3.55. The summed E-state index contributed by atoms with van der Waals surface area (Å²) < 4.78 is 7.96. The molecule has 1 N–H and O–H groups in total. The molecule has 0 unspecified atom stereocenters. The van der Waals surface area contributed by atoms with E-state index in [0.29, 0.717) is 25.3 Å². The SMILES string of the molecule is CN(C)Cc1cccc(C(=O)NCCOCc2ccccc2)c1.CSN1CC2(CCN(C(C)=O)CC2)C2=C1C=C=C/C=C\C2. The van der Waals surface area contributed by atoms with Crippen LogP contribution in [-0.2, 0) is 22.7 Å². The van der Waals surface area contributed by atoms with Crippen LogP contribution in [0.15, 0.2) is 95.9 Å². The van der Waals surface area contributed by atoms with Crippen molar-refractivity contribution in [1.29, 1.82) is 0 Å². The van der Waals surface area contributed by atoms with E-state index in [2.05, 4.69) is 44.7 Å². The fraction of sp³-hybridized carbons (Fsp3) is 0.417. The average Bonchev–Trinajstić information content (AvgIpc) is 3.27. The number of benzene rings is 2. The molecule has 234 valence electrons. The van der Waals surface area contributed by atoms with Crippen molar-refractivity contribution in [3.8, 4) is 0 Å². The summed E-state index contributed by atoms with van der Waals surface area (Å²) >= 11 is 1.79. The van der Waals surface area contributed by atoms with E-state index >= 15 is 0 Å². The van der Waals surface area contributed by atoms with Crippen molar-refractivity contribution >= 4 is 23.8 Å². The summed E-state index contributed by atoms with van der Waals surface area (Å²) in [5, 5.41) is 2.89. The Bertz CT molecular complexity index is 1390. The number of rotatable bonds is 9. The van der Waals surface area contributed by atoms with Gasteiger partial charge in [-0.3, -0.25) is 9.59 Å². The molecular weight excluding hydrogens is 568 g/mol. The number of piperidine rings is 1. The topological polar surface area (TPSA) is 65.1 Å². The van der Waals surface area contributed by atoms with E-state index in [0.717, 1.165) is 56.6 Å². The Morgan fingerprint density at radius 2 is 1.82 bits per heavy atom. The van der Waals surface area contributed by atoms with Crippen LogP contribution in [0, 0.1) is 5.41 Å². The molecule has 1 saturated heterocycles. The smallest absolute Gasteiger partial charge is 0.251 e. The first-order valence-corrected chi connectivity index (χ1v) is 16.5. The second-order valence-electron chi connectivity index (χ2n) is 11.7. The van der Waals surface area contributed by atoms with Gasteiger partial charge in [-0.2, -0.15) is 0 Å². The van der Waals surface area contributed by atoms with Gasteiger partial charge in [0.05, 0.1) is 18.9 Å². The van der Waals surface area contributed by atoms with Crippen LogP contribution < -0.4 is 5.32 Å². The number of hydrogen-bond donors (Lipinski definition) is 1. The van der Waals surface area contributed by atoms with Gasteiger partial charge < -0.3 is 24.2 Å². The number of allylic oxidation sites excluding steroid dienone is 3. The maximum Gasteiger partial charge on any atom is 0.251 e. The molecule has 2 amide bonds. The summed E-state index contributed by atoms with van der Waals surface area (Å²) in [6.07, 6.45) is 13.7. The van der Waals surface area contributed by atoms with Gasteiger partial charge in [-0.25, -0.2) is 0 Å². The number of ether oxygens (including phenoxy) is 1. The first-order chi connectivity index (χ1) is 21.3. The maximum absolute atomic E-state index is 12.1. The first kappa shape index (κ1) is 33.3. The average molecular weight is 615 g/mol. The second kappa shape index (κ2) is 16.5. The predicted octanol–water partition coefficient (Wildman–Crippen LogP) is 5.83. The molecular formula is C36H46N4O3S. The maximum atomic E-state index is 12.1. The lowest BCUT2D eigenvalue weighted by atomic mass is 9.72. The normalized spacial score (nSPS) is 17.6. The summed E-state index contributed by atoms with van der Waals surface area (Å²) in [4.78, 5) is 27.8. The minimum absolute atomic E-state index is 0.0612. The van der Waals surface area contributed by atoms with Crippen molar-refractivity contribution in [1.82, 2.24) is 19.4 Å². The highest BCUT2D eigenvalue weighted by atomic mass is 32.2.